The fraction of sp³-hybridized carbons (Fsp3) is 0.600. The number of aliphatic carboxylic acids is 1. The molecule has 1 aromatic heterocycles. The molecule has 0 spiro atoms. The van der Waals surface area contributed by atoms with Crippen molar-refractivity contribution in [1.29, 1.82) is 0 Å². The smallest absolute Gasteiger partial charge is 0.306 e. The third kappa shape index (κ3) is 5.73. The van der Waals surface area contributed by atoms with Crippen LogP contribution in [0.5, 0.6) is 0 Å². The van der Waals surface area contributed by atoms with E-state index in [2.05, 4.69) is 20.2 Å². The monoisotopic (exact) mass is 336 g/mol. The highest BCUT2D eigenvalue weighted by atomic mass is 32.2. The number of sulfonamides is 1. The van der Waals surface area contributed by atoms with Gasteiger partial charge in [0.15, 0.2) is 0 Å². The van der Waals surface area contributed by atoms with Crippen LogP contribution in [-0.2, 0) is 19.6 Å². The molecule has 0 fully saturated rings. The number of carbonyl (C=O) groups is 2. The van der Waals surface area contributed by atoms with Crippen LogP contribution >= 0.6 is 11.3 Å². The summed E-state index contributed by atoms with van der Waals surface area (Å²) in [5, 5.41) is 18.2. The second kappa shape index (κ2) is 7.43. The average Bonchev–Trinajstić information content (AvgIpc) is 2.82. The van der Waals surface area contributed by atoms with Gasteiger partial charge in [0.05, 0.1) is 5.92 Å². The number of nitrogens with zero attached hydrogens (tertiary/aromatic N) is 2. The van der Waals surface area contributed by atoms with Crippen LogP contribution in [-0.4, -0.2) is 42.1 Å². The quantitative estimate of drug-likeness (QED) is 0.457. The fourth-order valence-corrected chi connectivity index (χ4v) is 3.38. The van der Waals surface area contributed by atoms with Crippen molar-refractivity contribution in [2.45, 2.75) is 31.0 Å². The molecular weight excluding hydrogens is 320 g/mol. The van der Waals surface area contributed by atoms with Crippen LogP contribution in [0.1, 0.15) is 26.7 Å². The van der Waals surface area contributed by atoms with E-state index >= 15 is 0 Å². The van der Waals surface area contributed by atoms with Gasteiger partial charge in [-0.1, -0.05) is 18.3 Å². The standard InChI is InChI=1S/C10H16N4O5S2/c1-6(8(16)17)4-3-5-11-21(18,19)10-14-13-9(20-10)12-7(2)15/h6,11H,3-5H2,1-2H3,(H,16,17)(H,12,13,15). The summed E-state index contributed by atoms with van der Waals surface area (Å²) in [6, 6.07) is 0. The molecule has 3 N–H and O–H groups in total. The summed E-state index contributed by atoms with van der Waals surface area (Å²) in [6.07, 6.45) is 0.759. The summed E-state index contributed by atoms with van der Waals surface area (Å²) in [7, 11) is -3.80. The minimum atomic E-state index is -3.80. The van der Waals surface area contributed by atoms with Crippen molar-refractivity contribution in [2.75, 3.05) is 11.9 Å². The van der Waals surface area contributed by atoms with Crippen molar-refractivity contribution < 1.29 is 23.1 Å². The largest absolute Gasteiger partial charge is 0.481 e. The number of hydrogen-bond donors (Lipinski definition) is 3. The molecule has 0 aromatic carbocycles. The highest BCUT2D eigenvalue weighted by molar-refractivity contribution is 7.91. The fourth-order valence-electron chi connectivity index (χ4n) is 1.32. The van der Waals surface area contributed by atoms with Gasteiger partial charge in [0, 0.05) is 13.5 Å². The number of nitrogens with one attached hydrogen (secondary N) is 2. The summed E-state index contributed by atoms with van der Waals surface area (Å²) in [5.74, 6) is -1.81. The third-order valence-corrected chi connectivity index (χ3v) is 5.11. The normalized spacial score (nSPS) is 12.9. The van der Waals surface area contributed by atoms with Gasteiger partial charge in [0.25, 0.3) is 10.0 Å². The van der Waals surface area contributed by atoms with Crippen LogP contribution in [0.2, 0.25) is 0 Å². The first-order valence-electron chi connectivity index (χ1n) is 6.06. The van der Waals surface area contributed by atoms with Crippen molar-refractivity contribution in [3.63, 3.8) is 0 Å². The van der Waals surface area contributed by atoms with E-state index in [1.807, 2.05) is 0 Å². The predicted molar refractivity (Wildman–Crippen MR) is 75.4 cm³/mol. The van der Waals surface area contributed by atoms with E-state index in [1.54, 1.807) is 6.92 Å². The molecule has 0 aliphatic carbocycles. The number of carboxylic acid groups (broad SMARTS) is 1. The van der Waals surface area contributed by atoms with Crippen molar-refractivity contribution in [3.05, 3.63) is 0 Å². The van der Waals surface area contributed by atoms with E-state index < -0.39 is 21.9 Å². The van der Waals surface area contributed by atoms with E-state index in [1.165, 1.54) is 6.92 Å². The Labute approximate surface area is 125 Å². The molecular formula is C10H16N4O5S2. The van der Waals surface area contributed by atoms with Crippen LogP contribution in [0.25, 0.3) is 0 Å². The zero-order valence-corrected chi connectivity index (χ0v) is 13.1. The number of carbonyl (C=O) groups excluding carboxylic acids is 1. The molecule has 0 bridgehead atoms. The molecule has 0 aliphatic heterocycles. The molecule has 0 saturated carbocycles. The maximum absolute atomic E-state index is 11.9. The lowest BCUT2D eigenvalue weighted by molar-refractivity contribution is -0.141. The molecule has 118 valence electrons. The number of hydrogen-bond acceptors (Lipinski definition) is 7. The lowest BCUT2D eigenvalue weighted by Crippen LogP contribution is -2.25. The number of carboxylic acids is 1. The third-order valence-electron chi connectivity index (χ3n) is 2.45. The first-order valence-corrected chi connectivity index (χ1v) is 8.36. The number of amides is 1. The van der Waals surface area contributed by atoms with Crippen LogP contribution in [0.15, 0.2) is 4.34 Å². The van der Waals surface area contributed by atoms with E-state index in [0.29, 0.717) is 12.8 Å². The Balaban J connectivity index is 2.52. The number of rotatable bonds is 8. The Morgan fingerprint density at radius 1 is 1.38 bits per heavy atom. The highest BCUT2D eigenvalue weighted by Gasteiger charge is 2.20. The van der Waals surface area contributed by atoms with Crippen LogP contribution in [0.4, 0.5) is 5.13 Å². The van der Waals surface area contributed by atoms with Gasteiger partial charge in [-0.05, 0) is 12.8 Å². The van der Waals surface area contributed by atoms with Crippen molar-refractivity contribution >= 4 is 38.4 Å². The van der Waals surface area contributed by atoms with Crippen molar-refractivity contribution in [3.8, 4) is 0 Å². The molecule has 0 radical (unpaired) electrons. The number of anilines is 1. The van der Waals surface area contributed by atoms with Crippen LogP contribution in [0.3, 0.4) is 0 Å². The molecule has 1 unspecified atom stereocenters. The lowest BCUT2D eigenvalue weighted by Gasteiger charge is -2.06. The number of aromatic nitrogens is 2. The van der Waals surface area contributed by atoms with E-state index in [4.69, 9.17) is 5.11 Å². The Kier molecular flexibility index (Phi) is 6.18. The minimum absolute atomic E-state index is 0.0994. The Morgan fingerprint density at radius 3 is 2.62 bits per heavy atom. The Morgan fingerprint density at radius 2 is 2.05 bits per heavy atom. The van der Waals surface area contributed by atoms with E-state index in [0.717, 1.165) is 11.3 Å². The molecule has 1 atom stereocenters. The zero-order chi connectivity index (χ0) is 16.0. The molecule has 0 aliphatic rings. The summed E-state index contributed by atoms with van der Waals surface area (Å²) in [5.41, 5.74) is 0. The maximum Gasteiger partial charge on any atom is 0.306 e. The van der Waals surface area contributed by atoms with Gasteiger partial charge in [-0.25, -0.2) is 13.1 Å². The van der Waals surface area contributed by atoms with Crippen LogP contribution in [0, 0.1) is 5.92 Å². The zero-order valence-electron chi connectivity index (χ0n) is 11.5. The predicted octanol–water partition coefficient (Wildman–Crippen LogP) is 0.276. The Bertz CT molecular complexity index is 613. The van der Waals surface area contributed by atoms with Gasteiger partial charge in [0.1, 0.15) is 0 Å². The van der Waals surface area contributed by atoms with Crippen molar-refractivity contribution in [1.82, 2.24) is 14.9 Å². The topological polar surface area (TPSA) is 138 Å². The van der Waals surface area contributed by atoms with Crippen LogP contribution < -0.4 is 10.0 Å². The van der Waals surface area contributed by atoms with E-state index in [-0.39, 0.29) is 21.9 Å². The van der Waals surface area contributed by atoms with E-state index in [9.17, 15) is 18.0 Å². The van der Waals surface area contributed by atoms with Gasteiger partial charge >= 0.3 is 5.97 Å². The molecule has 9 nitrogen and oxygen atoms in total. The van der Waals surface area contributed by atoms with Crippen molar-refractivity contribution in [2.24, 2.45) is 5.92 Å². The van der Waals surface area contributed by atoms with Gasteiger partial charge in [-0.2, -0.15) is 0 Å². The average molecular weight is 336 g/mol. The first-order chi connectivity index (χ1) is 9.72. The van der Waals surface area contributed by atoms with Gasteiger partial charge in [0.2, 0.25) is 15.4 Å². The molecule has 1 aromatic rings. The van der Waals surface area contributed by atoms with Gasteiger partial charge < -0.3 is 10.4 Å². The Hall–Kier alpha value is -1.59. The summed E-state index contributed by atoms with van der Waals surface area (Å²) < 4.78 is 25.8. The maximum atomic E-state index is 11.9. The van der Waals surface area contributed by atoms with Gasteiger partial charge in [-0.3, -0.25) is 9.59 Å². The highest BCUT2D eigenvalue weighted by Crippen LogP contribution is 2.19. The SMILES string of the molecule is CC(=O)Nc1nnc(S(=O)(=O)NCCCC(C)C(=O)O)s1. The minimum Gasteiger partial charge on any atom is -0.481 e. The second-order valence-electron chi connectivity index (χ2n) is 4.33. The molecule has 1 amide bonds. The molecule has 1 rings (SSSR count). The summed E-state index contributed by atoms with van der Waals surface area (Å²) >= 11 is 0.739. The first kappa shape index (κ1) is 17.5. The summed E-state index contributed by atoms with van der Waals surface area (Å²) in [6.45, 7) is 2.94. The lowest BCUT2D eigenvalue weighted by atomic mass is 10.1. The molecule has 1 heterocycles. The second-order valence-corrected chi connectivity index (χ2v) is 7.25. The molecule has 0 saturated heterocycles. The molecule has 11 heteroatoms. The molecule has 21 heavy (non-hydrogen) atoms. The van der Waals surface area contributed by atoms with Gasteiger partial charge in [-0.15, -0.1) is 10.2 Å². The summed E-state index contributed by atoms with van der Waals surface area (Å²) in [4.78, 5) is 21.4.